The summed E-state index contributed by atoms with van der Waals surface area (Å²) < 4.78 is 13.7. The first-order valence-electron chi connectivity index (χ1n) is 20.8. The van der Waals surface area contributed by atoms with E-state index in [1.54, 1.807) is 0 Å². The van der Waals surface area contributed by atoms with Crippen LogP contribution in [0.1, 0.15) is 188 Å². The maximum Gasteiger partial charge on any atom is 0.169 e. The van der Waals surface area contributed by atoms with Crippen LogP contribution in [0.3, 0.4) is 0 Å². The first-order valence-corrected chi connectivity index (χ1v) is 20.8. The number of rotatable bonds is 29. The molecule has 48 heavy (non-hydrogen) atoms. The smallest absolute Gasteiger partial charge is 0.169 e. The minimum atomic E-state index is -0.324. The van der Waals surface area contributed by atoms with E-state index in [1.165, 1.54) is 121 Å². The van der Waals surface area contributed by atoms with Gasteiger partial charge in [-0.05, 0) is 104 Å². The zero-order valence-corrected chi connectivity index (χ0v) is 32.5. The van der Waals surface area contributed by atoms with Crippen LogP contribution in [0, 0.1) is 0 Å². The molecule has 3 nitrogen and oxygen atoms in total. The van der Waals surface area contributed by atoms with Gasteiger partial charge in [-0.1, -0.05) is 138 Å². The molecule has 0 aliphatic carbocycles. The van der Waals surface area contributed by atoms with Crippen LogP contribution in [0.25, 0.3) is 0 Å². The highest BCUT2D eigenvalue weighted by molar-refractivity contribution is 5.03. The molecule has 2 aliphatic rings. The molecule has 0 aromatic heterocycles. The largest absolute Gasteiger partial charge is 0.347 e. The molecule has 2 heterocycles. The van der Waals surface area contributed by atoms with Crippen LogP contribution in [0.2, 0.25) is 0 Å². The second-order valence-electron chi connectivity index (χ2n) is 15.1. The average Bonchev–Trinajstić information content (AvgIpc) is 3.45. The quantitative estimate of drug-likeness (QED) is 0.0586. The van der Waals surface area contributed by atoms with Crippen LogP contribution in [-0.2, 0) is 9.47 Å². The van der Waals surface area contributed by atoms with Gasteiger partial charge in [0.15, 0.2) is 5.79 Å². The number of likely N-dealkylation sites (tertiary alicyclic amines) is 1. The predicted molar refractivity (Wildman–Crippen MR) is 212 cm³/mol. The summed E-state index contributed by atoms with van der Waals surface area (Å²) >= 11 is 0. The SMILES string of the molecule is CCCCC/C=C\C/C=C\CCCCCCCCC1(CCCCCCCC/C=C\C/C=C\C/C=C(\C)CC)OCC2(CCN(C)CC2)O1. The summed E-state index contributed by atoms with van der Waals surface area (Å²) in [5.74, 6) is -0.324. The van der Waals surface area contributed by atoms with Gasteiger partial charge in [0.05, 0.1) is 12.2 Å². The molecule has 2 rings (SSSR count). The van der Waals surface area contributed by atoms with Gasteiger partial charge < -0.3 is 14.4 Å². The standard InChI is InChI=1S/C45H79NO2/c1-5-7-8-9-10-11-12-13-14-15-18-21-24-27-30-33-36-45(47-42-44(48-45)38-40-46(4)41-39-44)37-34-31-28-25-22-19-16-17-20-23-26-29-32-35-43(3)6-2/h10-11,13-14,17,20,26,29,35H,5-9,12,15-16,18-19,21-25,27-28,30-34,36-42H2,1-4H3/b11-10-,14-13-,20-17-,29-26-,43-35+. The summed E-state index contributed by atoms with van der Waals surface area (Å²) in [6.45, 7) is 9.78. The number of ether oxygens (including phenoxy) is 2. The Balaban J connectivity index is 1.57. The summed E-state index contributed by atoms with van der Waals surface area (Å²) in [6.07, 6.45) is 53.4. The van der Waals surface area contributed by atoms with E-state index in [2.05, 4.69) is 87.4 Å². The molecule has 0 aromatic carbocycles. The van der Waals surface area contributed by atoms with E-state index in [-0.39, 0.29) is 11.4 Å². The molecule has 0 saturated carbocycles. The lowest BCUT2D eigenvalue weighted by Gasteiger charge is -2.38. The van der Waals surface area contributed by atoms with Crippen LogP contribution < -0.4 is 0 Å². The number of hydrogen-bond acceptors (Lipinski definition) is 3. The van der Waals surface area contributed by atoms with E-state index in [4.69, 9.17) is 9.47 Å². The second kappa shape index (κ2) is 28.3. The number of unbranched alkanes of at least 4 members (excludes halogenated alkanes) is 15. The molecule has 2 fully saturated rings. The monoisotopic (exact) mass is 666 g/mol. The van der Waals surface area contributed by atoms with Gasteiger partial charge in [0.25, 0.3) is 0 Å². The summed E-state index contributed by atoms with van der Waals surface area (Å²) in [7, 11) is 2.24. The van der Waals surface area contributed by atoms with Gasteiger partial charge in [0, 0.05) is 25.9 Å². The summed E-state index contributed by atoms with van der Waals surface area (Å²) in [5.41, 5.74) is 1.46. The Kier molecular flexibility index (Phi) is 25.2. The van der Waals surface area contributed by atoms with E-state index in [9.17, 15) is 0 Å². The first kappa shape index (κ1) is 42.7. The molecule has 3 heteroatoms. The fraction of sp³-hybridized carbons (Fsp3) is 0.778. The van der Waals surface area contributed by atoms with Crippen LogP contribution in [-0.4, -0.2) is 43.0 Å². The van der Waals surface area contributed by atoms with Gasteiger partial charge in [0.1, 0.15) is 0 Å². The van der Waals surface area contributed by atoms with E-state index in [1.807, 2.05) is 0 Å². The molecule has 1 atom stereocenters. The molecule has 0 amide bonds. The third-order valence-electron chi connectivity index (χ3n) is 10.6. The highest BCUT2D eigenvalue weighted by Gasteiger charge is 2.50. The zero-order chi connectivity index (χ0) is 34.4. The zero-order valence-electron chi connectivity index (χ0n) is 32.5. The molecular weight excluding hydrogens is 587 g/mol. The fourth-order valence-electron chi connectivity index (χ4n) is 7.01. The maximum atomic E-state index is 7.00. The molecule has 0 aromatic rings. The van der Waals surface area contributed by atoms with E-state index < -0.39 is 0 Å². The van der Waals surface area contributed by atoms with Gasteiger partial charge >= 0.3 is 0 Å². The lowest BCUT2D eigenvalue weighted by Crippen LogP contribution is -2.46. The van der Waals surface area contributed by atoms with E-state index in [0.717, 1.165) is 71.1 Å². The molecular formula is C45H79NO2. The predicted octanol–water partition coefficient (Wildman–Crippen LogP) is 13.8. The Morgan fingerprint density at radius 2 is 1.04 bits per heavy atom. The van der Waals surface area contributed by atoms with Crippen molar-refractivity contribution in [2.24, 2.45) is 0 Å². The van der Waals surface area contributed by atoms with Gasteiger partial charge in [-0.25, -0.2) is 0 Å². The Bertz CT molecular complexity index is 906. The fourth-order valence-corrected chi connectivity index (χ4v) is 7.01. The average molecular weight is 666 g/mol. The lowest BCUT2D eigenvalue weighted by atomic mass is 9.92. The minimum Gasteiger partial charge on any atom is -0.347 e. The van der Waals surface area contributed by atoms with Crippen molar-refractivity contribution in [3.63, 3.8) is 0 Å². The van der Waals surface area contributed by atoms with Gasteiger partial charge in [-0.3, -0.25) is 0 Å². The molecule has 0 bridgehead atoms. The van der Waals surface area contributed by atoms with Crippen molar-refractivity contribution in [1.82, 2.24) is 4.90 Å². The lowest BCUT2D eigenvalue weighted by molar-refractivity contribution is -0.204. The topological polar surface area (TPSA) is 21.7 Å². The second-order valence-corrected chi connectivity index (χ2v) is 15.1. The van der Waals surface area contributed by atoms with E-state index >= 15 is 0 Å². The van der Waals surface area contributed by atoms with Gasteiger partial charge in [0.2, 0.25) is 0 Å². The van der Waals surface area contributed by atoms with Crippen molar-refractivity contribution in [3.8, 4) is 0 Å². The molecule has 0 radical (unpaired) electrons. The van der Waals surface area contributed by atoms with Crippen LogP contribution in [0.4, 0.5) is 0 Å². The molecule has 2 saturated heterocycles. The number of piperidine rings is 1. The molecule has 1 unspecified atom stereocenters. The van der Waals surface area contributed by atoms with Crippen molar-refractivity contribution in [2.45, 2.75) is 199 Å². The summed E-state index contributed by atoms with van der Waals surface area (Å²) in [5, 5.41) is 0. The van der Waals surface area contributed by atoms with Gasteiger partial charge in [-0.15, -0.1) is 0 Å². The Morgan fingerprint density at radius 1 is 0.583 bits per heavy atom. The Labute approximate surface area is 299 Å². The van der Waals surface area contributed by atoms with Crippen molar-refractivity contribution >= 4 is 0 Å². The van der Waals surface area contributed by atoms with Crippen LogP contribution in [0.15, 0.2) is 60.3 Å². The molecule has 1 spiro atoms. The molecule has 2 aliphatic heterocycles. The van der Waals surface area contributed by atoms with Crippen molar-refractivity contribution in [2.75, 3.05) is 26.7 Å². The third-order valence-corrected chi connectivity index (χ3v) is 10.6. The minimum absolute atomic E-state index is 0.0285. The van der Waals surface area contributed by atoms with Crippen LogP contribution in [0.5, 0.6) is 0 Å². The van der Waals surface area contributed by atoms with Crippen molar-refractivity contribution in [1.29, 1.82) is 0 Å². The van der Waals surface area contributed by atoms with Gasteiger partial charge in [-0.2, -0.15) is 0 Å². The van der Waals surface area contributed by atoms with E-state index in [0.29, 0.717) is 0 Å². The Hall–Kier alpha value is -1.42. The first-order chi connectivity index (χ1) is 23.5. The highest BCUT2D eigenvalue weighted by Crippen LogP contribution is 2.43. The maximum absolute atomic E-state index is 7.00. The third kappa shape index (κ3) is 20.9. The Morgan fingerprint density at radius 3 is 1.56 bits per heavy atom. The molecule has 0 N–H and O–H groups in total. The molecule has 276 valence electrons. The summed E-state index contributed by atoms with van der Waals surface area (Å²) in [4.78, 5) is 2.44. The van der Waals surface area contributed by atoms with Crippen molar-refractivity contribution < 1.29 is 9.47 Å². The number of allylic oxidation sites excluding steroid dienone is 10. The number of hydrogen-bond donors (Lipinski definition) is 0. The normalized spacial score (nSPS) is 20.6. The number of nitrogens with zero attached hydrogens (tertiary/aromatic N) is 1. The summed E-state index contributed by atoms with van der Waals surface area (Å²) in [6, 6.07) is 0. The van der Waals surface area contributed by atoms with Crippen molar-refractivity contribution in [3.05, 3.63) is 60.3 Å². The van der Waals surface area contributed by atoms with Crippen LogP contribution >= 0.6 is 0 Å². The highest BCUT2D eigenvalue weighted by atomic mass is 16.8.